The molecule has 1 aliphatic rings. The van der Waals surface area contributed by atoms with E-state index in [1.54, 1.807) is 35.9 Å². The first-order chi connectivity index (χ1) is 14.7. The molecule has 3 aromatic rings. The van der Waals surface area contributed by atoms with Crippen molar-refractivity contribution in [3.05, 3.63) is 30.7 Å². The Hall–Kier alpha value is -3.57. The van der Waals surface area contributed by atoms with Crippen LogP contribution in [0.1, 0.15) is 13.3 Å². The van der Waals surface area contributed by atoms with Crippen LogP contribution in [-0.2, 0) is 17.9 Å². The summed E-state index contributed by atoms with van der Waals surface area (Å²) in [5.74, 6) is 0.852. The maximum atomic E-state index is 12.8. The number of halogens is 3. The van der Waals surface area contributed by atoms with Gasteiger partial charge in [0, 0.05) is 12.3 Å². The van der Waals surface area contributed by atoms with Crippen molar-refractivity contribution in [3.63, 3.8) is 0 Å². The van der Waals surface area contributed by atoms with Gasteiger partial charge in [0.1, 0.15) is 42.5 Å². The fourth-order valence-electron chi connectivity index (χ4n) is 3.30. The Balaban J connectivity index is 1.68. The number of rotatable bonds is 6. The van der Waals surface area contributed by atoms with Gasteiger partial charge in [-0.3, -0.25) is 4.79 Å². The normalized spacial score (nSPS) is 14.2. The largest absolute Gasteiger partial charge is 0.491 e. The molecule has 2 N–H and O–H groups in total. The Labute approximate surface area is 174 Å². The highest BCUT2D eigenvalue weighted by Crippen LogP contribution is 2.36. The molecule has 0 radical (unpaired) electrons. The first-order valence-electron chi connectivity index (χ1n) is 9.50. The topological polar surface area (TPSA) is 110 Å². The van der Waals surface area contributed by atoms with Crippen molar-refractivity contribution in [3.8, 4) is 34.4 Å². The van der Waals surface area contributed by atoms with Crippen molar-refractivity contribution in [2.45, 2.75) is 38.7 Å². The molecule has 1 aromatic carbocycles. The average Bonchev–Trinajstić information content (AvgIpc) is 3.28. The van der Waals surface area contributed by atoms with Crippen LogP contribution in [0.5, 0.6) is 11.5 Å². The summed E-state index contributed by atoms with van der Waals surface area (Å²) in [6.07, 6.45) is -2.10. The quantitative estimate of drug-likeness (QED) is 0.636. The number of ether oxygens (including phenoxy) is 2. The van der Waals surface area contributed by atoms with Crippen molar-refractivity contribution in [2.24, 2.45) is 5.73 Å². The number of amides is 1. The van der Waals surface area contributed by atoms with Gasteiger partial charge in [0.25, 0.3) is 5.91 Å². The van der Waals surface area contributed by atoms with Gasteiger partial charge >= 0.3 is 6.18 Å². The number of nitrogens with two attached hydrogens (primary N) is 1. The first kappa shape index (κ1) is 20.7. The van der Waals surface area contributed by atoms with E-state index in [2.05, 4.69) is 15.1 Å². The number of primary amides is 1. The lowest BCUT2D eigenvalue weighted by Gasteiger charge is -2.15. The third kappa shape index (κ3) is 4.32. The summed E-state index contributed by atoms with van der Waals surface area (Å²) in [6, 6.07) is 5.01. The maximum absolute atomic E-state index is 12.8. The molecular formula is C19H19F3N6O3. The van der Waals surface area contributed by atoms with Crippen molar-refractivity contribution in [1.82, 2.24) is 24.3 Å². The van der Waals surface area contributed by atoms with Crippen molar-refractivity contribution >= 4 is 5.91 Å². The molecule has 0 bridgehead atoms. The Kier molecular flexibility index (Phi) is 5.29. The Bertz CT molecular complexity index is 1110. The summed E-state index contributed by atoms with van der Waals surface area (Å²) >= 11 is 0. The van der Waals surface area contributed by atoms with Crippen molar-refractivity contribution < 1.29 is 27.4 Å². The van der Waals surface area contributed by atoms with E-state index >= 15 is 0 Å². The van der Waals surface area contributed by atoms with Gasteiger partial charge in [0.15, 0.2) is 11.9 Å². The number of hydrogen-bond acceptors (Lipinski definition) is 6. The zero-order chi connectivity index (χ0) is 22.2. The standard InChI is InChI=1S/C19H19F3N6O3/c1-2-14(16(23)29)31-11-3-4-12-15(7-11)30-6-5-27-8-13(26-17(12)27)18-24-10-25-28(18)9-19(20,21)22/h3-4,7-8,10,14H,2,5-6,9H2,1H3,(H2,23,29). The number of aromatic nitrogens is 5. The number of alkyl halides is 3. The molecule has 0 saturated carbocycles. The van der Waals surface area contributed by atoms with Crippen molar-refractivity contribution in [2.75, 3.05) is 6.61 Å². The monoisotopic (exact) mass is 436 g/mol. The third-order valence-electron chi connectivity index (χ3n) is 4.70. The second-order valence-electron chi connectivity index (χ2n) is 6.92. The second kappa shape index (κ2) is 7.93. The molecule has 4 rings (SSSR count). The second-order valence-corrected chi connectivity index (χ2v) is 6.92. The fraction of sp³-hybridized carbons (Fsp3) is 0.368. The molecule has 3 heterocycles. The van der Waals surface area contributed by atoms with Gasteiger partial charge in [0.05, 0.1) is 12.1 Å². The lowest BCUT2D eigenvalue weighted by molar-refractivity contribution is -0.142. The smallest absolute Gasteiger partial charge is 0.408 e. The fourth-order valence-corrected chi connectivity index (χ4v) is 3.30. The Morgan fingerprint density at radius 1 is 1.35 bits per heavy atom. The van der Waals surface area contributed by atoms with E-state index < -0.39 is 24.7 Å². The SMILES string of the molecule is CCC(Oc1ccc2c(c1)OCCn1cc(-c3ncnn3CC(F)(F)F)nc1-2)C(N)=O. The summed E-state index contributed by atoms with van der Waals surface area (Å²) in [6.45, 7) is 1.26. The van der Waals surface area contributed by atoms with E-state index in [9.17, 15) is 18.0 Å². The number of imidazole rings is 1. The van der Waals surface area contributed by atoms with Gasteiger partial charge in [-0.2, -0.15) is 18.3 Å². The highest BCUT2D eigenvalue weighted by atomic mass is 19.4. The van der Waals surface area contributed by atoms with Gasteiger partial charge in [0.2, 0.25) is 0 Å². The van der Waals surface area contributed by atoms with Gasteiger partial charge < -0.3 is 19.8 Å². The number of benzene rings is 1. The molecule has 1 unspecified atom stereocenters. The molecule has 2 aromatic heterocycles. The minimum atomic E-state index is -4.43. The van der Waals surface area contributed by atoms with Crippen LogP contribution in [0.4, 0.5) is 13.2 Å². The molecule has 1 atom stereocenters. The van der Waals surface area contributed by atoms with Crippen molar-refractivity contribution in [1.29, 1.82) is 0 Å². The minimum absolute atomic E-state index is 0.0209. The van der Waals surface area contributed by atoms with Crippen LogP contribution in [0.2, 0.25) is 0 Å². The Morgan fingerprint density at radius 3 is 2.87 bits per heavy atom. The molecular weight excluding hydrogens is 417 g/mol. The molecule has 0 spiro atoms. The number of hydrogen-bond donors (Lipinski definition) is 1. The van der Waals surface area contributed by atoms with Gasteiger partial charge in [-0.25, -0.2) is 14.6 Å². The molecule has 9 nitrogen and oxygen atoms in total. The van der Waals surface area contributed by atoms with E-state index in [-0.39, 0.29) is 11.5 Å². The summed E-state index contributed by atoms with van der Waals surface area (Å²) < 4.78 is 52.5. The lowest BCUT2D eigenvalue weighted by atomic mass is 10.1. The van der Waals surface area contributed by atoms with Crippen LogP contribution in [0, 0.1) is 0 Å². The van der Waals surface area contributed by atoms with E-state index in [0.29, 0.717) is 42.5 Å². The highest BCUT2D eigenvalue weighted by molar-refractivity contribution is 5.79. The van der Waals surface area contributed by atoms with Crippen LogP contribution < -0.4 is 15.2 Å². The van der Waals surface area contributed by atoms with Gasteiger partial charge in [-0.15, -0.1) is 0 Å². The number of nitrogens with zero attached hydrogens (tertiary/aromatic N) is 5. The number of carbonyl (C=O) groups is 1. The van der Waals surface area contributed by atoms with E-state index in [1.807, 2.05) is 0 Å². The van der Waals surface area contributed by atoms with Crippen LogP contribution in [0.25, 0.3) is 22.9 Å². The summed E-state index contributed by atoms with van der Waals surface area (Å²) in [7, 11) is 0. The lowest BCUT2D eigenvalue weighted by Crippen LogP contribution is -2.32. The predicted octanol–water partition coefficient (Wildman–Crippen LogP) is 2.41. The Morgan fingerprint density at radius 2 is 2.16 bits per heavy atom. The molecule has 12 heteroatoms. The maximum Gasteiger partial charge on any atom is 0.408 e. The van der Waals surface area contributed by atoms with Crippen LogP contribution in [-0.4, -0.2) is 49.1 Å². The third-order valence-corrected chi connectivity index (χ3v) is 4.70. The molecule has 164 valence electrons. The zero-order valence-corrected chi connectivity index (χ0v) is 16.5. The van der Waals surface area contributed by atoms with E-state index in [1.165, 1.54) is 0 Å². The number of fused-ring (bicyclic) bond motifs is 3. The van der Waals surface area contributed by atoms with Gasteiger partial charge in [-0.05, 0) is 18.6 Å². The summed E-state index contributed by atoms with van der Waals surface area (Å²) in [5.41, 5.74) is 6.23. The summed E-state index contributed by atoms with van der Waals surface area (Å²) in [5, 5.41) is 3.67. The molecule has 1 aliphatic heterocycles. The minimum Gasteiger partial charge on any atom is -0.491 e. The molecule has 0 fully saturated rings. The van der Waals surface area contributed by atoms with E-state index in [4.69, 9.17) is 15.2 Å². The summed E-state index contributed by atoms with van der Waals surface area (Å²) in [4.78, 5) is 19.9. The zero-order valence-electron chi connectivity index (χ0n) is 16.5. The first-order valence-corrected chi connectivity index (χ1v) is 9.50. The highest BCUT2D eigenvalue weighted by Gasteiger charge is 2.31. The predicted molar refractivity (Wildman–Crippen MR) is 102 cm³/mol. The van der Waals surface area contributed by atoms with Crippen LogP contribution in [0.3, 0.4) is 0 Å². The van der Waals surface area contributed by atoms with Gasteiger partial charge in [-0.1, -0.05) is 6.92 Å². The average molecular weight is 436 g/mol. The number of carbonyl (C=O) groups excluding carboxylic acids is 1. The molecule has 31 heavy (non-hydrogen) atoms. The molecule has 0 aliphatic carbocycles. The van der Waals surface area contributed by atoms with Crippen LogP contribution in [0.15, 0.2) is 30.7 Å². The van der Waals surface area contributed by atoms with Crippen LogP contribution >= 0.6 is 0 Å². The molecule has 0 saturated heterocycles. The molecule has 1 amide bonds. The van der Waals surface area contributed by atoms with E-state index in [0.717, 1.165) is 11.0 Å².